The summed E-state index contributed by atoms with van der Waals surface area (Å²) in [5, 5.41) is 4.90. The van der Waals surface area contributed by atoms with Crippen molar-refractivity contribution in [3.05, 3.63) is 23.2 Å². The normalized spacial score (nSPS) is 24.0. The van der Waals surface area contributed by atoms with Crippen LogP contribution in [0.5, 0.6) is 0 Å². The van der Waals surface area contributed by atoms with Crippen LogP contribution in [-0.4, -0.2) is 35.1 Å². The zero-order valence-electron chi connectivity index (χ0n) is 11.7. The van der Waals surface area contributed by atoms with Crippen molar-refractivity contribution in [1.82, 2.24) is 15.3 Å². The highest BCUT2D eigenvalue weighted by atomic mass is 35.5. The molecule has 6 nitrogen and oxygen atoms in total. The average Bonchev–Trinajstić information content (AvgIpc) is 3.19. The quantitative estimate of drug-likeness (QED) is 0.716. The maximum atomic E-state index is 6.32. The van der Waals surface area contributed by atoms with Crippen molar-refractivity contribution in [1.29, 1.82) is 0 Å². The molecular weight excluding hydrogens is 302 g/mol. The van der Waals surface area contributed by atoms with Crippen LogP contribution >= 0.6 is 11.6 Å². The summed E-state index contributed by atoms with van der Waals surface area (Å²) in [7, 11) is 0. The number of piperazine rings is 1. The molecule has 5 rings (SSSR count). The Bertz CT molecular complexity index is 908. The van der Waals surface area contributed by atoms with E-state index in [0.29, 0.717) is 33.8 Å². The summed E-state index contributed by atoms with van der Waals surface area (Å²) in [5.74, 6) is 1.03. The Balaban J connectivity index is 1.81. The van der Waals surface area contributed by atoms with Crippen LogP contribution in [0.4, 0.5) is 11.8 Å². The third kappa shape index (κ3) is 1.59. The minimum absolute atomic E-state index is 0.251. The van der Waals surface area contributed by atoms with Gasteiger partial charge in [0.2, 0.25) is 5.95 Å². The van der Waals surface area contributed by atoms with Gasteiger partial charge in [0.1, 0.15) is 11.1 Å². The van der Waals surface area contributed by atoms with Crippen LogP contribution in [0.2, 0.25) is 5.02 Å². The number of halogens is 1. The molecule has 2 fully saturated rings. The van der Waals surface area contributed by atoms with Crippen LogP contribution < -0.4 is 16.0 Å². The van der Waals surface area contributed by atoms with Crippen molar-refractivity contribution in [3.63, 3.8) is 0 Å². The summed E-state index contributed by atoms with van der Waals surface area (Å²) in [6.07, 6.45) is 1.13. The number of nitrogens with zero attached hydrogens (tertiary/aromatic N) is 3. The number of fused-ring (bicyclic) bond motifs is 5. The lowest BCUT2D eigenvalue weighted by Gasteiger charge is -2.28. The molecule has 7 heteroatoms. The van der Waals surface area contributed by atoms with Gasteiger partial charge in [0.15, 0.2) is 11.4 Å². The topological polar surface area (TPSA) is 80.2 Å². The van der Waals surface area contributed by atoms with Crippen LogP contribution in [0.1, 0.15) is 6.42 Å². The van der Waals surface area contributed by atoms with E-state index in [-0.39, 0.29) is 5.95 Å². The van der Waals surface area contributed by atoms with E-state index < -0.39 is 0 Å². The van der Waals surface area contributed by atoms with E-state index in [9.17, 15) is 0 Å². The first kappa shape index (κ1) is 12.5. The highest BCUT2D eigenvalue weighted by Gasteiger charge is 2.39. The number of aromatic nitrogens is 2. The van der Waals surface area contributed by atoms with Crippen LogP contribution in [-0.2, 0) is 0 Å². The van der Waals surface area contributed by atoms with E-state index >= 15 is 0 Å². The Hall–Kier alpha value is -2.05. The molecule has 2 atom stereocenters. The number of hydrogen-bond acceptors (Lipinski definition) is 6. The second kappa shape index (κ2) is 4.24. The molecule has 2 saturated heterocycles. The minimum atomic E-state index is 0.251. The molecule has 0 aliphatic carbocycles. The van der Waals surface area contributed by atoms with Gasteiger partial charge in [-0.1, -0.05) is 17.7 Å². The van der Waals surface area contributed by atoms with Gasteiger partial charge in [0.25, 0.3) is 0 Å². The SMILES string of the molecule is Nc1nc(N2CC3CC2CN3)c2oc3cccc(Cl)c3c2n1. The Morgan fingerprint density at radius 3 is 3.05 bits per heavy atom. The zero-order valence-corrected chi connectivity index (χ0v) is 12.5. The van der Waals surface area contributed by atoms with E-state index in [0.717, 1.165) is 30.7 Å². The standard InChI is InChI=1S/C15H14ClN5O/c16-9-2-1-3-10-11(9)12-13(22-10)14(20-15(17)19-12)21-6-7-4-8(21)5-18-7/h1-3,7-8,18H,4-6H2,(H2,17,19,20). The van der Waals surface area contributed by atoms with Gasteiger partial charge in [-0.2, -0.15) is 4.98 Å². The fourth-order valence-electron chi connectivity index (χ4n) is 3.66. The van der Waals surface area contributed by atoms with E-state index in [1.165, 1.54) is 0 Å². The molecule has 2 aromatic heterocycles. The first-order valence-electron chi connectivity index (χ1n) is 7.35. The number of furan rings is 1. The van der Waals surface area contributed by atoms with E-state index in [4.69, 9.17) is 21.8 Å². The van der Waals surface area contributed by atoms with Crippen molar-refractivity contribution in [3.8, 4) is 0 Å². The average molecular weight is 316 g/mol. The molecule has 0 spiro atoms. The van der Waals surface area contributed by atoms with Crippen LogP contribution in [0.3, 0.4) is 0 Å². The molecular formula is C15H14ClN5O. The number of nitrogens with one attached hydrogen (secondary N) is 1. The lowest BCUT2D eigenvalue weighted by molar-refractivity contribution is 0.572. The first-order chi connectivity index (χ1) is 10.7. The number of anilines is 2. The molecule has 0 radical (unpaired) electrons. The lowest BCUT2D eigenvalue weighted by Crippen LogP contribution is -2.44. The smallest absolute Gasteiger partial charge is 0.222 e. The summed E-state index contributed by atoms with van der Waals surface area (Å²) < 4.78 is 6.01. The minimum Gasteiger partial charge on any atom is -0.450 e. The van der Waals surface area contributed by atoms with Gasteiger partial charge in [0.05, 0.1) is 10.4 Å². The van der Waals surface area contributed by atoms with Crippen molar-refractivity contribution < 1.29 is 4.42 Å². The van der Waals surface area contributed by atoms with Crippen LogP contribution in [0, 0.1) is 0 Å². The Labute approximate surface area is 131 Å². The lowest BCUT2D eigenvalue weighted by atomic mass is 10.2. The zero-order chi connectivity index (χ0) is 14.8. The number of hydrogen-bond donors (Lipinski definition) is 2. The molecule has 0 amide bonds. The van der Waals surface area contributed by atoms with Crippen molar-refractivity contribution in [2.75, 3.05) is 23.7 Å². The first-order valence-corrected chi connectivity index (χ1v) is 7.73. The third-order valence-corrected chi connectivity index (χ3v) is 4.93. The van der Waals surface area contributed by atoms with Gasteiger partial charge in [-0.3, -0.25) is 0 Å². The summed E-state index contributed by atoms with van der Waals surface area (Å²) >= 11 is 6.32. The third-order valence-electron chi connectivity index (χ3n) is 4.62. The van der Waals surface area contributed by atoms with Gasteiger partial charge in [-0.25, -0.2) is 4.98 Å². The maximum Gasteiger partial charge on any atom is 0.222 e. The Kier molecular flexibility index (Phi) is 2.41. The van der Waals surface area contributed by atoms with Crippen LogP contribution in [0.15, 0.2) is 22.6 Å². The largest absolute Gasteiger partial charge is 0.450 e. The Morgan fingerprint density at radius 2 is 2.27 bits per heavy atom. The van der Waals surface area contributed by atoms with Crippen molar-refractivity contribution in [2.45, 2.75) is 18.5 Å². The summed E-state index contributed by atoms with van der Waals surface area (Å²) in [4.78, 5) is 11.1. The predicted molar refractivity (Wildman–Crippen MR) is 86.3 cm³/mol. The molecule has 2 aliphatic rings. The molecule has 0 saturated carbocycles. The number of benzene rings is 1. The van der Waals surface area contributed by atoms with E-state index in [2.05, 4.69) is 20.2 Å². The van der Waals surface area contributed by atoms with Gasteiger partial charge < -0.3 is 20.4 Å². The van der Waals surface area contributed by atoms with Gasteiger partial charge in [-0.15, -0.1) is 0 Å². The fourth-order valence-corrected chi connectivity index (χ4v) is 3.92. The van der Waals surface area contributed by atoms with E-state index in [1.807, 2.05) is 18.2 Å². The Morgan fingerprint density at radius 1 is 1.36 bits per heavy atom. The van der Waals surface area contributed by atoms with Crippen LogP contribution in [0.25, 0.3) is 22.1 Å². The fraction of sp³-hybridized carbons (Fsp3) is 0.333. The maximum absolute atomic E-state index is 6.32. The molecule has 2 aliphatic heterocycles. The molecule has 1 aromatic carbocycles. The second-order valence-electron chi connectivity index (χ2n) is 5.95. The number of rotatable bonds is 1. The summed E-state index contributed by atoms with van der Waals surface area (Å²) in [6, 6.07) is 6.54. The van der Waals surface area contributed by atoms with E-state index in [1.54, 1.807) is 0 Å². The molecule has 2 bridgehead atoms. The highest BCUT2D eigenvalue weighted by molar-refractivity contribution is 6.37. The number of nitrogen functional groups attached to an aromatic ring is 1. The highest BCUT2D eigenvalue weighted by Crippen LogP contribution is 2.39. The molecule has 4 heterocycles. The molecule has 22 heavy (non-hydrogen) atoms. The summed E-state index contributed by atoms with van der Waals surface area (Å²) in [5.41, 5.74) is 8.02. The van der Waals surface area contributed by atoms with Gasteiger partial charge >= 0.3 is 0 Å². The van der Waals surface area contributed by atoms with Gasteiger partial charge in [0, 0.05) is 25.2 Å². The monoisotopic (exact) mass is 315 g/mol. The number of nitrogens with two attached hydrogens (primary N) is 1. The molecule has 3 N–H and O–H groups in total. The molecule has 3 aromatic rings. The van der Waals surface area contributed by atoms with Crippen molar-refractivity contribution >= 4 is 45.4 Å². The van der Waals surface area contributed by atoms with Gasteiger partial charge in [-0.05, 0) is 18.6 Å². The molecule has 2 unspecified atom stereocenters. The van der Waals surface area contributed by atoms with Crippen molar-refractivity contribution in [2.24, 2.45) is 0 Å². The summed E-state index contributed by atoms with van der Waals surface area (Å²) in [6.45, 7) is 1.89. The second-order valence-corrected chi connectivity index (χ2v) is 6.35. The molecule has 112 valence electrons. The predicted octanol–water partition coefficient (Wildman–Crippen LogP) is 2.16.